The van der Waals surface area contributed by atoms with Crippen molar-refractivity contribution in [1.82, 2.24) is 4.90 Å². The van der Waals surface area contributed by atoms with Crippen LogP contribution in [0.15, 0.2) is 12.1 Å². The summed E-state index contributed by atoms with van der Waals surface area (Å²) in [5.74, 6) is 5.85. The lowest BCUT2D eigenvalue weighted by atomic mass is 10.3. The summed E-state index contributed by atoms with van der Waals surface area (Å²) < 4.78 is 0. The predicted octanol–water partition coefficient (Wildman–Crippen LogP) is 2.35. The second-order valence-electron chi connectivity index (χ2n) is 4.02. The van der Waals surface area contributed by atoms with Crippen LogP contribution in [0.4, 0.5) is 0 Å². The highest BCUT2D eigenvalue weighted by atomic mass is 32.1. The minimum atomic E-state index is 0.0589. The number of amides is 1. The van der Waals surface area contributed by atoms with Gasteiger partial charge in [-0.3, -0.25) is 4.79 Å². The van der Waals surface area contributed by atoms with Gasteiger partial charge in [0.05, 0.1) is 16.4 Å². The largest absolute Gasteiger partial charge is 0.395 e. The number of nitrogens with zero attached hydrogens (tertiary/aromatic N) is 1. The molecule has 98 valence electrons. The van der Waals surface area contributed by atoms with Gasteiger partial charge in [-0.2, -0.15) is 0 Å². The van der Waals surface area contributed by atoms with Crippen molar-refractivity contribution < 1.29 is 9.90 Å². The number of rotatable bonds is 5. The van der Waals surface area contributed by atoms with E-state index in [-0.39, 0.29) is 12.5 Å². The molecule has 0 radical (unpaired) electrons. The van der Waals surface area contributed by atoms with Gasteiger partial charge in [-0.1, -0.05) is 25.2 Å². The van der Waals surface area contributed by atoms with Crippen LogP contribution in [0.3, 0.4) is 0 Å². The van der Waals surface area contributed by atoms with Crippen molar-refractivity contribution in [3.05, 3.63) is 21.9 Å². The SMILES string of the molecule is CCCCN(C)C(=O)c1ccc(C#CCCO)s1. The van der Waals surface area contributed by atoms with Gasteiger partial charge in [-0.05, 0) is 18.6 Å². The molecule has 0 aromatic carbocycles. The first-order chi connectivity index (χ1) is 8.69. The smallest absolute Gasteiger partial charge is 0.263 e. The molecule has 18 heavy (non-hydrogen) atoms. The van der Waals surface area contributed by atoms with Crippen molar-refractivity contribution in [3.8, 4) is 11.8 Å². The van der Waals surface area contributed by atoms with Gasteiger partial charge >= 0.3 is 0 Å². The highest BCUT2D eigenvalue weighted by Gasteiger charge is 2.12. The van der Waals surface area contributed by atoms with Crippen molar-refractivity contribution in [2.24, 2.45) is 0 Å². The Morgan fingerprint density at radius 2 is 2.28 bits per heavy atom. The molecule has 1 N–H and O–H groups in total. The Labute approximate surface area is 112 Å². The zero-order chi connectivity index (χ0) is 13.4. The van der Waals surface area contributed by atoms with E-state index in [9.17, 15) is 4.79 Å². The molecule has 0 atom stereocenters. The zero-order valence-corrected chi connectivity index (χ0v) is 11.7. The van der Waals surface area contributed by atoms with Crippen LogP contribution in [0, 0.1) is 11.8 Å². The molecule has 0 unspecified atom stereocenters. The fraction of sp³-hybridized carbons (Fsp3) is 0.500. The van der Waals surface area contributed by atoms with Crippen molar-refractivity contribution in [1.29, 1.82) is 0 Å². The molecule has 3 nitrogen and oxygen atoms in total. The Morgan fingerprint density at radius 3 is 2.94 bits per heavy atom. The van der Waals surface area contributed by atoms with E-state index >= 15 is 0 Å². The van der Waals surface area contributed by atoms with Crippen LogP contribution in [-0.2, 0) is 0 Å². The number of carbonyl (C=O) groups excluding carboxylic acids is 1. The average molecular weight is 265 g/mol. The Bertz CT molecular complexity index is 442. The van der Waals surface area contributed by atoms with Gasteiger partial charge in [-0.25, -0.2) is 0 Å². The highest BCUT2D eigenvalue weighted by molar-refractivity contribution is 7.14. The standard InChI is InChI=1S/C14H19NO2S/c1-3-4-10-15(2)14(17)13-9-8-12(18-13)7-5-6-11-16/h8-9,16H,3-4,6,10-11H2,1-2H3. The molecule has 1 amide bonds. The maximum absolute atomic E-state index is 12.0. The Hall–Kier alpha value is -1.31. The molecule has 0 aliphatic carbocycles. The van der Waals surface area contributed by atoms with Gasteiger partial charge in [0.2, 0.25) is 0 Å². The topological polar surface area (TPSA) is 40.5 Å². The van der Waals surface area contributed by atoms with Crippen molar-refractivity contribution >= 4 is 17.2 Å². The molecule has 0 saturated carbocycles. The summed E-state index contributed by atoms with van der Waals surface area (Å²) in [7, 11) is 1.83. The molecule has 4 heteroatoms. The number of aliphatic hydroxyl groups is 1. The molecule has 1 heterocycles. The van der Waals surface area contributed by atoms with Crippen molar-refractivity contribution in [2.45, 2.75) is 26.2 Å². The lowest BCUT2D eigenvalue weighted by Gasteiger charge is -2.15. The fourth-order valence-electron chi connectivity index (χ4n) is 1.41. The van der Waals surface area contributed by atoms with E-state index in [0.717, 1.165) is 29.1 Å². The molecular formula is C14H19NO2S. The second kappa shape index (κ2) is 7.91. The minimum Gasteiger partial charge on any atom is -0.395 e. The van der Waals surface area contributed by atoms with E-state index in [0.29, 0.717) is 6.42 Å². The van der Waals surface area contributed by atoms with Gasteiger partial charge in [-0.15, -0.1) is 11.3 Å². The van der Waals surface area contributed by atoms with E-state index in [1.165, 1.54) is 11.3 Å². The summed E-state index contributed by atoms with van der Waals surface area (Å²) in [4.78, 5) is 15.4. The van der Waals surface area contributed by atoms with Crippen LogP contribution >= 0.6 is 11.3 Å². The van der Waals surface area contributed by atoms with E-state index < -0.39 is 0 Å². The minimum absolute atomic E-state index is 0.0589. The highest BCUT2D eigenvalue weighted by Crippen LogP contribution is 2.17. The number of thiophene rings is 1. The molecule has 1 aromatic heterocycles. The molecule has 0 aliphatic heterocycles. The summed E-state index contributed by atoms with van der Waals surface area (Å²) in [6.45, 7) is 2.97. The van der Waals surface area contributed by atoms with E-state index in [1.807, 2.05) is 19.2 Å². The third kappa shape index (κ3) is 4.52. The Balaban J connectivity index is 2.62. The maximum atomic E-state index is 12.0. The predicted molar refractivity (Wildman–Crippen MR) is 74.8 cm³/mol. The van der Waals surface area contributed by atoms with Crippen LogP contribution in [0.25, 0.3) is 0 Å². The third-order valence-corrected chi connectivity index (χ3v) is 3.45. The first-order valence-corrected chi connectivity index (χ1v) is 6.95. The van der Waals surface area contributed by atoms with Crippen molar-refractivity contribution in [2.75, 3.05) is 20.2 Å². The third-order valence-electron chi connectivity index (χ3n) is 2.46. The van der Waals surface area contributed by atoms with E-state index in [1.54, 1.807) is 4.90 Å². The fourth-order valence-corrected chi connectivity index (χ4v) is 2.29. The molecule has 1 aromatic rings. The van der Waals surface area contributed by atoms with Crippen LogP contribution < -0.4 is 0 Å². The zero-order valence-electron chi connectivity index (χ0n) is 10.9. The second-order valence-corrected chi connectivity index (χ2v) is 5.10. The molecule has 0 fully saturated rings. The molecule has 1 rings (SSSR count). The first-order valence-electron chi connectivity index (χ1n) is 6.14. The van der Waals surface area contributed by atoms with Crippen molar-refractivity contribution in [3.63, 3.8) is 0 Å². The van der Waals surface area contributed by atoms with Crippen LogP contribution in [-0.4, -0.2) is 36.1 Å². The summed E-state index contributed by atoms with van der Waals surface area (Å²) in [5.41, 5.74) is 0. The monoisotopic (exact) mass is 265 g/mol. The quantitative estimate of drug-likeness (QED) is 0.830. The molecule has 0 bridgehead atoms. The van der Waals surface area contributed by atoms with Crippen LogP contribution in [0.5, 0.6) is 0 Å². The number of hydrogen-bond acceptors (Lipinski definition) is 3. The Kier molecular flexibility index (Phi) is 6.48. The molecule has 0 aliphatic rings. The van der Waals surface area contributed by atoms with Crippen LogP contribution in [0.1, 0.15) is 40.7 Å². The lowest BCUT2D eigenvalue weighted by molar-refractivity contribution is 0.0798. The van der Waals surface area contributed by atoms with Gasteiger partial charge in [0.25, 0.3) is 5.91 Å². The summed E-state index contributed by atoms with van der Waals surface area (Å²) >= 11 is 1.41. The summed E-state index contributed by atoms with van der Waals surface area (Å²) in [5, 5.41) is 8.63. The van der Waals surface area contributed by atoms with Gasteiger partial charge in [0, 0.05) is 20.0 Å². The first kappa shape index (κ1) is 14.7. The molecular weight excluding hydrogens is 246 g/mol. The van der Waals surface area contributed by atoms with Gasteiger partial charge in [0.1, 0.15) is 0 Å². The number of aliphatic hydroxyl groups excluding tert-OH is 1. The Morgan fingerprint density at radius 1 is 1.50 bits per heavy atom. The number of carbonyl (C=O) groups is 1. The summed E-state index contributed by atoms with van der Waals surface area (Å²) in [6, 6.07) is 3.67. The lowest BCUT2D eigenvalue weighted by Crippen LogP contribution is -2.26. The average Bonchev–Trinajstić information content (AvgIpc) is 2.84. The van der Waals surface area contributed by atoms with Gasteiger partial charge in [0.15, 0.2) is 0 Å². The maximum Gasteiger partial charge on any atom is 0.263 e. The van der Waals surface area contributed by atoms with E-state index in [2.05, 4.69) is 18.8 Å². The molecule has 0 spiro atoms. The van der Waals surface area contributed by atoms with E-state index in [4.69, 9.17) is 5.11 Å². The molecule has 0 saturated heterocycles. The number of hydrogen-bond donors (Lipinski definition) is 1. The normalized spacial score (nSPS) is 9.72. The summed E-state index contributed by atoms with van der Waals surface area (Å²) in [6.07, 6.45) is 2.58. The van der Waals surface area contributed by atoms with Crippen LogP contribution in [0.2, 0.25) is 0 Å². The number of unbranched alkanes of at least 4 members (excludes halogenated alkanes) is 1. The van der Waals surface area contributed by atoms with Gasteiger partial charge < -0.3 is 10.0 Å².